The molecule has 1 aromatic carbocycles. The molecule has 0 bridgehead atoms. The summed E-state index contributed by atoms with van der Waals surface area (Å²) in [7, 11) is 0. The van der Waals surface area contributed by atoms with Gasteiger partial charge in [-0.3, -0.25) is 9.48 Å². The van der Waals surface area contributed by atoms with Crippen LogP contribution in [-0.4, -0.2) is 31.7 Å². The van der Waals surface area contributed by atoms with Crippen molar-refractivity contribution in [1.29, 1.82) is 0 Å². The van der Waals surface area contributed by atoms with Crippen molar-refractivity contribution in [2.45, 2.75) is 32.9 Å². The Morgan fingerprint density at radius 1 is 1.30 bits per heavy atom. The monoisotopic (exact) mass is 384 g/mol. The van der Waals surface area contributed by atoms with Gasteiger partial charge < -0.3 is 10.4 Å². The lowest BCUT2D eigenvalue weighted by atomic mass is 10.1. The van der Waals surface area contributed by atoms with E-state index in [4.69, 9.17) is 5.11 Å². The fourth-order valence-corrected chi connectivity index (χ4v) is 3.20. The Morgan fingerprint density at radius 2 is 2.07 bits per heavy atom. The smallest absolute Gasteiger partial charge is 0.355 e. The molecule has 27 heavy (non-hydrogen) atoms. The molecule has 1 amide bonds. The van der Waals surface area contributed by atoms with Crippen LogP contribution < -0.4 is 5.32 Å². The Hall–Kier alpha value is -3.00. The molecule has 0 saturated carbocycles. The summed E-state index contributed by atoms with van der Waals surface area (Å²) >= 11 is 1.28. The van der Waals surface area contributed by atoms with Gasteiger partial charge in [0.05, 0.1) is 17.3 Å². The predicted molar refractivity (Wildman–Crippen MR) is 103 cm³/mol. The summed E-state index contributed by atoms with van der Waals surface area (Å²) in [4.78, 5) is 27.4. The Bertz CT molecular complexity index is 985. The minimum absolute atomic E-state index is 0.0320. The summed E-state index contributed by atoms with van der Waals surface area (Å²) < 4.78 is 1.75. The molecule has 2 N–H and O–H groups in total. The molecular formula is C19H20N4O3S. The third kappa shape index (κ3) is 4.40. The van der Waals surface area contributed by atoms with Crippen molar-refractivity contribution in [1.82, 2.24) is 20.1 Å². The van der Waals surface area contributed by atoms with Gasteiger partial charge in [0.1, 0.15) is 5.01 Å². The third-order valence-corrected chi connectivity index (χ3v) is 4.77. The zero-order valence-corrected chi connectivity index (χ0v) is 16.1. The lowest BCUT2D eigenvalue weighted by Gasteiger charge is -2.18. The maximum Gasteiger partial charge on any atom is 0.355 e. The predicted octanol–water partition coefficient (Wildman–Crippen LogP) is 3.39. The summed E-state index contributed by atoms with van der Waals surface area (Å²) in [6.45, 7) is 6.40. The normalized spacial score (nSPS) is 11.4. The van der Waals surface area contributed by atoms with Crippen molar-refractivity contribution in [2.75, 3.05) is 0 Å². The van der Waals surface area contributed by atoms with Crippen LogP contribution in [0.15, 0.2) is 42.0 Å². The Balaban J connectivity index is 1.68. The number of rotatable bonds is 5. The Labute approximate surface area is 160 Å². The maximum absolute atomic E-state index is 12.4. The number of benzene rings is 1. The van der Waals surface area contributed by atoms with E-state index in [9.17, 15) is 9.59 Å². The van der Waals surface area contributed by atoms with Gasteiger partial charge >= 0.3 is 5.97 Å². The fourth-order valence-electron chi connectivity index (χ4n) is 2.41. The number of carboxylic acids is 1. The van der Waals surface area contributed by atoms with E-state index in [0.29, 0.717) is 17.1 Å². The number of amides is 1. The van der Waals surface area contributed by atoms with Crippen molar-refractivity contribution in [3.8, 4) is 10.6 Å². The summed E-state index contributed by atoms with van der Waals surface area (Å²) in [5, 5.41) is 18.3. The van der Waals surface area contributed by atoms with Crippen LogP contribution in [0.1, 0.15) is 47.2 Å². The number of aromatic nitrogens is 3. The highest BCUT2D eigenvalue weighted by molar-refractivity contribution is 7.13. The largest absolute Gasteiger partial charge is 0.476 e. The van der Waals surface area contributed by atoms with E-state index in [2.05, 4.69) is 15.4 Å². The lowest BCUT2D eigenvalue weighted by molar-refractivity contribution is 0.0691. The standard InChI is InChI=1S/C19H20N4O3S/c1-19(2,3)23-10-14(9-21-23)16(24)20-8-12-5-4-6-13(7-12)17-22-15(11-27-17)18(25)26/h4-7,9-11H,8H2,1-3H3,(H,20,24)(H,25,26). The van der Waals surface area contributed by atoms with Gasteiger partial charge in [0.15, 0.2) is 5.69 Å². The summed E-state index contributed by atoms with van der Waals surface area (Å²) in [6, 6.07) is 7.51. The fraction of sp³-hybridized carbons (Fsp3) is 0.263. The number of thiazole rings is 1. The summed E-state index contributed by atoms with van der Waals surface area (Å²) in [5.74, 6) is -1.24. The molecule has 0 fully saturated rings. The highest BCUT2D eigenvalue weighted by atomic mass is 32.1. The first-order valence-electron chi connectivity index (χ1n) is 8.35. The first-order valence-corrected chi connectivity index (χ1v) is 9.23. The molecule has 0 unspecified atom stereocenters. The van der Waals surface area contributed by atoms with Crippen molar-refractivity contribution < 1.29 is 14.7 Å². The van der Waals surface area contributed by atoms with Gasteiger partial charge in [0, 0.05) is 23.7 Å². The van der Waals surface area contributed by atoms with Crippen LogP contribution in [0, 0.1) is 0 Å². The molecular weight excluding hydrogens is 364 g/mol. The van der Waals surface area contributed by atoms with Crippen LogP contribution in [0.5, 0.6) is 0 Å². The minimum Gasteiger partial charge on any atom is -0.476 e. The third-order valence-electron chi connectivity index (χ3n) is 3.88. The lowest BCUT2D eigenvalue weighted by Crippen LogP contribution is -2.24. The molecule has 3 rings (SSSR count). The summed E-state index contributed by atoms with van der Waals surface area (Å²) in [6.07, 6.45) is 3.29. The second-order valence-electron chi connectivity index (χ2n) is 7.07. The molecule has 0 saturated heterocycles. The molecule has 0 spiro atoms. The highest BCUT2D eigenvalue weighted by Gasteiger charge is 2.17. The van der Waals surface area contributed by atoms with Gasteiger partial charge in [0.2, 0.25) is 0 Å². The number of nitrogens with one attached hydrogen (secondary N) is 1. The second kappa shape index (κ2) is 7.32. The number of hydrogen-bond donors (Lipinski definition) is 2. The molecule has 3 aromatic rings. The van der Waals surface area contributed by atoms with E-state index in [1.807, 2.05) is 45.0 Å². The van der Waals surface area contributed by atoms with E-state index < -0.39 is 5.97 Å². The van der Waals surface area contributed by atoms with Gasteiger partial charge in [-0.15, -0.1) is 11.3 Å². The molecule has 0 radical (unpaired) electrons. The van der Waals surface area contributed by atoms with Crippen LogP contribution in [-0.2, 0) is 12.1 Å². The first kappa shape index (κ1) is 18.8. The second-order valence-corrected chi connectivity index (χ2v) is 7.93. The van der Waals surface area contributed by atoms with Crippen molar-refractivity contribution in [3.63, 3.8) is 0 Å². The van der Waals surface area contributed by atoms with Gasteiger partial charge in [0.25, 0.3) is 5.91 Å². The van der Waals surface area contributed by atoms with E-state index >= 15 is 0 Å². The van der Waals surface area contributed by atoms with Crippen LogP contribution >= 0.6 is 11.3 Å². The van der Waals surface area contributed by atoms with Crippen molar-refractivity contribution >= 4 is 23.2 Å². The number of hydrogen-bond acceptors (Lipinski definition) is 5. The number of carboxylic acid groups (broad SMARTS) is 1. The number of nitrogens with zero attached hydrogens (tertiary/aromatic N) is 3. The molecule has 7 nitrogen and oxygen atoms in total. The molecule has 0 atom stereocenters. The molecule has 0 aliphatic heterocycles. The van der Waals surface area contributed by atoms with E-state index in [1.165, 1.54) is 16.7 Å². The van der Waals surface area contributed by atoms with E-state index in [-0.39, 0.29) is 17.1 Å². The Kier molecular flexibility index (Phi) is 5.09. The molecule has 2 heterocycles. The summed E-state index contributed by atoms with van der Waals surface area (Å²) in [5.41, 5.74) is 2.07. The van der Waals surface area contributed by atoms with Gasteiger partial charge in [-0.05, 0) is 32.4 Å². The average Bonchev–Trinajstić information content (AvgIpc) is 3.29. The van der Waals surface area contributed by atoms with Gasteiger partial charge in [-0.2, -0.15) is 5.10 Å². The number of carbonyl (C=O) groups is 2. The maximum atomic E-state index is 12.4. The topological polar surface area (TPSA) is 97.1 Å². The zero-order chi connectivity index (χ0) is 19.6. The van der Waals surface area contributed by atoms with E-state index in [0.717, 1.165) is 11.1 Å². The van der Waals surface area contributed by atoms with Crippen LogP contribution in [0.2, 0.25) is 0 Å². The van der Waals surface area contributed by atoms with E-state index in [1.54, 1.807) is 17.1 Å². The van der Waals surface area contributed by atoms with Crippen LogP contribution in [0.25, 0.3) is 10.6 Å². The zero-order valence-electron chi connectivity index (χ0n) is 15.3. The van der Waals surface area contributed by atoms with Crippen LogP contribution in [0.4, 0.5) is 0 Å². The van der Waals surface area contributed by atoms with Crippen molar-refractivity contribution in [2.24, 2.45) is 0 Å². The minimum atomic E-state index is -1.04. The molecule has 2 aromatic heterocycles. The molecule has 8 heteroatoms. The first-order chi connectivity index (χ1) is 12.7. The van der Waals surface area contributed by atoms with Crippen molar-refractivity contribution in [3.05, 3.63) is 58.9 Å². The molecule has 0 aliphatic carbocycles. The van der Waals surface area contributed by atoms with Crippen LogP contribution in [0.3, 0.4) is 0 Å². The Morgan fingerprint density at radius 3 is 2.70 bits per heavy atom. The highest BCUT2D eigenvalue weighted by Crippen LogP contribution is 2.24. The average molecular weight is 384 g/mol. The molecule has 0 aliphatic rings. The quantitative estimate of drug-likeness (QED) is 0.703. The number of carbonyl (C=O) groups excluding carboxylic acids is 1. The van der Waals surface area contributed by atoms with Gasteiger partial charge in [-0.1, -0.05) is 18.2 Å². The SMILES string of the molecule is CC(C)(C)n1cc(C(=O)NCc2cccc(-c3nc(C(=O)O)cs3)c2)cn1. The molecule has 140 valence electrons. The number of aromatic carboxylic acids is 1. The van der Waals surface area contributed by atoms with Gasteiger partial charge in [-0.25, -0.2) is 9.78 Å².